The molecule has 1 unspecified atom stereocenters. The van der Waals surface area contributed by atoms with E-state index in [0.29, 0.717) is 18.1 Å². The Morgan fingerprint density at radius 3 is 3.07 bits per heavy atom. The van der Waals surface area contributed by atoms with Gasteiger partial charge in [0.2, 0.25) is 0 Å². The number of aromatic nitrogens is 2. The Labute approximate surface area is 84.6 Å². The minimum Gasteiger partial charge on any atom is -0.385 e. The molecule has 0 aromatic carbocycles. The molecule has 2 rings (SSSR count). The van der Waals surface area contributed by atoms with E-state index in [2.05, 4.69) is 14.6 Å². The Kier molecular flexibility index (Phi) is 2.16. The van der Waals surface area contributed by atoms with Crippen LogP contribution in [0, 0.1) is 0 Å². The van der Waals surface area contributed by atoms with Crippen LogP contribution in [0.25, 0.3) is 0 Å². The Balaban J connectivity index is 2.34. The monoisotopic (exact) mass is 211 g/mol. The molecule has 2 N–H and O–H groups in total. The fraction of sp³-hybridized carbons (Fsp3) is 0.429. The Bertz CT molecular complexity index is 373. The van der Waals surface area contributed by atoms with E-state index in [-0.39, 0.29) is 12.1 Å². The number of amidine groups is 1. The van der Waals surface area contributed by atoms with E-state index < -0.39 is 0 Å². The van der Waals surface area contributed by atoms with E-state index in [1.165, 1.54) is 11.5 Å². The van der Waals surface area contributed by atoms with Gasteiger partial charge >= 0.3 is 6.03 Å². The van der Waals surface area contributed by atoms with Gasteiger partial charge in [0.1, 0.15) is 17.6 Å². The summed E-state index contributed by atoms with van der Waals surface area (Å²) < 4.78 is 3.74. The van der Waals surface area contributed by atoms with Gasteiger partial charge in [-0.05, 0) is 18.5 Å². The zero-order chi connectivity index (χ0) is 10.1. The van der Waals surface area contributed by atoms with E-state index in [1.54, 1.807) is 10.3 Å². The number of aliphatic imine (C=N–C) groups is 1. The molecule has 0 saturated heterocycles. The van der Waals surface area contributed by atoms with Crippen LogP contribution in [0.5, 0.6) is 0 Å². The van der Waals surface area contributed by atoms with Crippen molar-refractivity contribution >= 4 is 23.4 Å². The highest BCUT2D eigenvalue weighted by atomic mass is 32.1. The van der Waals surface area contributed by atoms with Gasteiger partial charge in [0.25, 0.3) is 0 Å². The summed E-state index contributed by atoms with van der Waals surface area (Å²) >= 11 is 1.23. The molecule has 1 aromatic heterocycles. The summed E-state index contributed by atoms with van der Waals surface area (Å²) in [5, 5.41) is 5.67. The molecule has 0 radical (unpaired) electrons. The molecule has 1 aliphatic rings. The first-order valence-corrected chi connectivity index (χ1v) is 4.99. The molecule has 2 amide bonds. The van der Waals surface area contributed by atoms with Gasteiger partial charge in [-0.2, -0.15) is 4.99 Å². The molecule has 0 bridgehead atoms. The van der Waals surface area contributed by atoms with Crippen molar-refractivity contribution in [3.05, 3.63) is 11.1 Å². The number of carbonyl (C=O) groups excluding carboxylic acids is 1. The average molecular weight is 211 g/mol. The van der Waals surface area contributed by atoms with E-state index >= 15 is 0 Å². The zero-order valence-electron chi connectivity index (χ0n) is 7.54. The van der Waals surface area contributed by atoms with E-state index in [9.17, 15) is 4.79 Å². The largest absolute Gasteiger partial charge is 0.385 e. The predicted molar refractivity (Wildman–Crippen MR) is 52.0 cm³/mol. The van der Waals surface area contributed by atoms with Crippen molar-refractivity contribution in [3.63, 3.8) is 0 Å². The van der Waals surface area contributed by atoms with E-state index in [0.717, 1.165) is 0 Å². The molecular formula is C7H9N5OS. The van der Waals surface area contributed by atoms with Crippen LogP contribution in [0.4, 0.5) is 4.79 Å². The third-order valence-electron chi connectivity index (χ3n) is 2.06. The molecular weight excluding hydrogens is 202 g/mol. The zero-order valence-corrected chi connectivity index (χ0v) is 8.36. The summed E-state index contributed by atoms with van der Waals surface area (Å²) in [7, 11) is 0. The molecule has 0 aliphatic carbocycles. The maximum atomic E-state index is 11.3. The van der Waals surface area contributed by atoms with Crippen molar-refractivity contribution in [3.8, 4) is 0 Å². The van der Waals surface area contributed by atoms with Crippen molar-refractivity contribution in [1.29, 1.82) is 0 Å². The average Bonchev–Trinajstić information content (AvgIpc) is 2.72. The van der Waals surface area contributed by atoms with Crippen LogP contribution < -0.4 is 5.73 Å². The molecule has 2 heterocycles. The fourth-order valence-electron chi connectivity index (χ4n) is 1.43. The van der Waals surface area contributed by atoms with Crippen molar-refractivity contribution in [2.24, 2.45) is 10.7 Å². The molecule has 7 heteroatoms. The van der Waals surface area contributed by atoms with Gasteiger partial charge in [0.15, 0.2) is 0 Å². The van der Waals surface area contributed by atoms with Crippen LogP contribution in [0.3, 0.4) is 0 Å². The molecule has 14 heavy (non-hydrogen) atoms. The summed E-state index contributed by atoms with van der Waals surface area (Å²) in [6, 6.07) is -0.630. The number of carbonyl (C=O) groups is 1. The van der Waals surface area contributed by atoms with Gasteiger partial charge in [-0.1, -0.05) is 4.49 Å². The third-order valence-corrected chi connectivity index (χ3v) is 2.58. The minimum absolute atomic E-state index is 0.296. The van der Waals surface area contributed by atoms with Gasteiger partial charge in [-0.3, -0.25) is 0 Å². The minimum atomic E-state index is -0.328. The second-order valence-electron chi connectivity index (χ2n) is 2.84. The van der Waals surface area contributed by atoms with Gasteiger partial charge in [0.05, 0.1) is 0 Å². The quantitative estimate of drug-likeness (QED) is 0.767. The molecule has 6 nitrogen and oxygen atoms in total. The lowest BCUT2D eigenvalue weighted by Crippen LogP contribution is -2.33. The molecule has 0 saturated carbocycles. The molecule has 1 atom stereocenters. The SMILES string of the molecule is CCN1C(=O)N=C(N)C1c1csnn1. The highest BCUT2D eigenvalue weighted by molar-refractivity contribution is 7.03. The van der Waals surface area contributed by atoms with Crippen LogP contribution in [0.2, 0.25) is 0 Å². The molecule has 0 spiro atoms. The van der Waals surface area contributed by atoms with Crippen LogP contribution in [-0.2, 0) is 0 Å². The van der Waals surface area contributed by atoms with Crippen molar-refractivity contribution < 1.29 is 4.79 Å². The Hall–Kier alpha value is -1.50. The first-order chi connectivity index (χ1) is 6.74. The van der Waals surface area contributed by atoms with Crippen molar-refractivity contribution in [2.45, 2.75) is 13.0 Å². The first-order valence-electron chi connectivity index (χ1n) is 4.15. The van der Waals surface area contributed by atoms with Crippen molar-refractivity contribution in [1.82, 2.24) is 14.5 Å². The number of rotatable bonds is 2. The van der Waals surface area contributed by atoms with E-state index in [4.69, 9.17) is 5.73 Å². The standard InChI is InChI=1S/C7H9N5OS/c1-2-12-5(4-3-14-11-10-4)6(8)9-7(12)13/h3,5H,2H2,1H3,(H2,8,9,13). The summed E-state index contributed by atoms with van der Waals surface area (Å²) in [6.07, 6.45) is 0. The highest BCUT2D eigenvalue weighted by Crippen LogP contribution is 2.25. The number of amides is 2. The molecule has 74 valence electrons. The summed E-state index contributed by atoms with van der Waals surface area (Å²) in [6.45, 7) is 2.43. The number of nitrogens with zero attached hydrogens (tertiary/aromatic N) is 4. The second-order valence-corrected chi connectivity index (χ2v) is 3.45. The van der Waals surface area contributed by atoms with Gasteiger partial charge in [0, 0.05) is 11.9 Å². The van der Waals surface area contributed by atoms with Crippen molar-refractivity contribution in [2.75, 3.05) is 6.54 Å². The smallest absolute Gasteiger partial charge is 0.346 e. The summed E-state index contributed by atoms with van der Waals surface area (Å²) in [5.41, 5.74) is 6.34. The fourth-order valence-corrected chi connectivity index (χ4v) is 1.90. The topological polar surface area (TPSA) is 84.5 Å². The number of hydrogen-bond acceptors (Lipinski definition) is 5. The Morgan fingerprint density at radius 2 is 2.50 bits per heavy atom. The molecule has 1 aliphatic heterocycles. The van der Waals surface area contributed by atoms with Crippen LogP contribution in [-0.4, -0.2) is 32.9 Å². The predicted octanol–water partition coefficient (Wildman–Crippen LogP) is 0.392. The molecule has 0 fully saturated rings. The maximum Gasteiger partial charge on any atom is 0.346 e. The number of nitrogens with two attached hydrogens (primary N) is 1. The molecule has 1 aromatic rings. The second kappa shape index (κ2) is 3.33. The lowest BCUT2D eigenvalue weighted by molar-refractivity contribution is 0.209. The first kappa shape index (κ1) is 9.07. The summed E-state index contributed by atoms with van der Waals surface area (Å²) in [5.74, 6) is 0.296. The van der Waals surface area contributed by atoms with E-state index in [1.807, 2.05) is 6.92 Å². The van der Waals surface area contributed by atoms with Crippen LogP contribution in [0.15, 0.2) is 10.4 Å². The maximum absolute atomic E-state index is 11.3. The number of urea groups is 1. The number of hydrogen-bond donors (Lipinski definition) is 1. The normalized spacial score (nSPS) is 21.5. The number of likely N-dealkylation sites (N-methyl/N-ethyl adjacent to an activating group) is 1. The Morgan fingerprint density at radius 1 is 1.71 bits per heavy atom. The summed E-state index contributed by atoms with van der Waals surface area (Å²) in [4.78, 5) is 16.6. The van der Waals surface area contributed by atoms with Gasteiger partial charge in [-0.25, -0.2) is 4.79 Å². The van der Waals surface area contributed by atoms with Gasteiger partial charge in [-0.15, -0.1) is 5.10 Å². The van der Waals surface area contributed by atoms with Crippen LogP contribution >= 0.6 is 11.5 Å². The lowest BCUT2D eigenvalue weighted by Gasteiger charge is -2.19. The van der Waals surface area contributed by atoms with Crippen LogP contribution in [0.1, 0.15) is 18.7 Å². The third kappa shape index (κ3) is 1.25. The lowest BCUT2D eigenvalue weighted by atomic mass is 10.2. The van der Waals surface area contributed by atoms with Gasteiger partial charge < -0.3 is 10.6 Å². The highest BCUT2D eigenvalue weighted by Gasteiger charge is 2.34.